The van der Waals surface area contributed by atoms with E-state index >= 15 is 0 Å². The van der Waals surface area contributed by atoms with Crippen molar-refractivity contribution in [3.8, 4) is 5.75 Å². The first-order valence-corrected chi connectivity index (χ1v) is 6.89. The molecule has 0 amide bonds. The number of benzene rings is 2. The lowest BCUT2D eigenvalue weighted by molar-refractivity contribution is 0.339. The van der Waals surface area contributed by atoms with Crippen molar-refractivity contribution < 1.29 is 9.13 Å². The van der Waals surface area contributed by atoms with Crippen molar-refractivity contribution in [1.29, 1.82) is 0 Å². The average Bonchev–Trinajstić information content (AvgIpc) is 2.44. The van der Waals surface area contributed by atoms with E-state index in [1.54, 1.807) is 19.2 Å². The first kappa shape index (κ1) is 14.8. The van der Waals surface area contributed by atoms with Crippen LogP contribution < -0.4 is 10.1 Å². The minimum Gasteiger partial charge on any atom is -0.494 e. The average molecular weight is 294 g/mol. The van der Waals surface area contributed by atoms with Crippen LogP contribution in [0.4, 0.5) is 4.39 Å². The van der Waals surface area contributed by atoms with E-state index < -0.39 is 0 Å². The Bertz CT molecular complexity index is 568. The first-order valence-electron chi connectivity index (χ1n) is 6.51. The Hall–Kier alpha value is -1.58. The van der Waals surface area contributed by atoms with Crippen molar-refractivity contribution in [2.45, 2.75) is 13.0 Å². The molecular weight excluding hydrogens is 277 g/mol. The molecule has 0 radical (unpaired) electrons. The molecule has 2 nitrogen and oxygen atoms in total. The highest BCUT2D eigenvalue weighted by Crippen LogP contribution is 2.31. The van der Waals surface area contributed by atoms with E-state index in [0.29, 0.717) is 17.2 Å². The fraction of sp³-hybridized carbons (Fsp3) is 0.250. The van der Waals surface area contributed by atoms with Crippen LogP contribution in [0.5, 0.6) is 5.75 Å². The highest BCUT2D eigenvalue weighted by Gasteiger charge is 2.19. The maximum absolute atomic E-state index is 14.1. The zero-order chi connectivity index (χ0) is 14.5. The van der Waals surface area contributed by atoms with E-state index in [2.05, 4.69) is 5.32 Å². The third kappa shape index (κ3) is 3.11. The summed E-state index contributed by atoms with van der Waals surface area (Å²) in [5, 5.41) is 3.51. The van der Waals surface area contributed by atoms with Gasteiger partial charge in [0.05, 0.1) is 12.6 Å². The number of hydrogen-bond donors (Lipinski definition) is 1. The van der Waals surface area contributed by atoms with Crippen LogP contribution in [0.3, 0.4) is 0 Å². The Morgan fingerprint density at radius 3 is 2.65 bits per heavy atom. The van der Waals surface area contributed by atoms with Gasteiger partial charge in [-0.3, -0.25) is 0 Å². The molecule has 106 valence electrons. The van der Waals surface area contributed by atoms with Gasteiger partial charge in [-0.05, 0) is 43.8 Å². The summed E-state index contributed by atoms with van der Waals surface area (Å²) >= 11 is 6.14. The van der Waals surface area contributed by atoms with Crippen molar-refractivity contribution in [2.24, 2.45) is 0 Å². The number of hydrogen-bond acceptors (Lipinski definition) is 2. The van der Waals surface area contributed by atoms with Gasteiger partial charge >= 0.3 is 0 Å². The van der Waals surface area contributed by atoms with Gasteiger partial charge in [0.25, 0.3) is 0 Å². The molecule has 0 aliphatic heterocycles. The molecule has 20 heavy (non-hydrogen) atoms. The molecule has 0 aliphatic rings. The quantitative estimate of drug-likeness (QED) is 0.892. The number of nitrogens with one attached hydrogen (secondary N) is 1. The van der Waals surface area contributed by atoms with Crippen LogP contribution in [0.15, 0.2) is 42.5 Å². The van der Waals surface area contributed by atoms with Crippen LogP contribution in [0.2, 0.25) is 5.02 Å². The van der Waals surface area contributed by atoms with Gasteiger partial charge in [0, 0.05) is 10.6 Å². The van der Waals surface area contributed by atoms with Crippen LogP contribution in [0.1, 0.15) is 24.1 Å². The molecule has 0 bridgehead atoms. The molecule has 4 heteroatoms. The Labute approximate surface area is 123 Å². The summed E-state index contributed by atoms with van der Waals surface area (Å²) in [6, 6.07) is 12.0. The summed E-state index contributed by atoms with van der Waals surface area (Å²) in [5.74, 6) is 0.441. The summed E-state index contributed by atoms with van der Waals surface area (Å²) in [6.07, 6.45) is 0. The highest BCUT2D eigenvalue weighted by molar-refractivity contribution is 6.31. The summed E-state index contributed by atoms with van der Waals surface area (Å²) in [6.45, 7) is 2.52. The summed E-state index contributed by atoms with van der Waals surface area (Å²) in [5.41, 5.74) is 1.36. The highest BCUT2D eigenvalue weighted by atomic mass is 35.5. The van der Waals surface area contributed by atoms with Gasteiger partial charge in [-0.25, -0.2) is 4.39 Å². The molecule has 0 saturated heterocycles. The maximum atomic E-state index is 14.1. The van der Waals surface area contributed by atoms with Crippen molar-refractivity contribution in [3.05, 3.63) is 64.4 Å². The van der Waals surface area contributed by atoms with Crippen LogP contribution >= 0.6 is 11.6 Å². The normalized spacial score (nSPS) is 12.2. The molecule has 1 N–H and O–H groups in total. The Balaban J connectivity index is 2.44. The van der Waals surface area contributed by atoms with E-state index in [4.69, 9.17) is 16.3 Å². The molecule has 0 aromatic heterocycles. The van der Waals surface area contributed by atoms with Gasteiger partial charge < -0.3 is 10.1 Å². The molecule has 1 unspecified atom stereocenters. The zero-order valence-electron chi connectivity index (χ0n) is 11.5. The zero-order valence-corrected chi connectivity index (χ0v) is 12.2. The fourth-order valence-electron chi connectivity index (χ4n) is 2.21. The standard InChI is InChI=1S/C16H17ClFNO/c1-3-20-12-7-4-6-11(10-12)16(19-2)15-13(17)8-5-9-14(15)18/h4-10,16,19H,3H2,1-2H3. The van der Waals surface area contributed by atoms with Crippen LogP contribution in [0, 0.1) is 5.82 Å². The molecule has 0 saturated carbocycles. The molecule has 2 rings (SSSR count). The minimum absolute atomic E-state index is 0.316. The molecule has 0 fully saturated rings. The predicted octanol–water partition coefficient (Wildman–Crippen LogP) is 4.19. The largest absolute Gasteiger partial charge is 0.494 e. The lowest BCUT2D eigenvalue weighted by Gasteiger charge is -2.20. The molecule has 2 aromatic carbocycles. The Morgan fingerprint density at radius 1 is 1.25 bits per heavy atom. The third-order valence-corrected chi connectivity index (χ3v) is 3.41. The number of ether oxygens (including phenoxy) is 1. The van der Waals surface area contributed by atoms with Crippen molar-refractivity contribution in [1.82, 2.24) is 5.32 Å². The van der Waals surface area contributed by atoms with Crippen LogP contribution in [-0.4, -0.2) is 13.7 Å². The lowest BCUT2D eigenvalue weighted by atomic mass is 9.98. The van der Waals surface area contributed by atoms with Gasteiger partial charge in [-0.1, -0.05) is 29.8 Å². The van der Waals surface area contributed by atoms with Gasteiger partial charge in [0.1, 0.15) is 11.6 Å². The van der Waals surface area contributed by atoms with E-state index in [1.807, 2.05) is 31.2 Å². The SMILES string of the molecule is CCOc1cccc(C(NC)c2c(F)cccc2Cl)c1. The molecule has 1 atom stereocenters. The smallest absolute Gasteiger partial charge is 0.129 e. The van der Waals surface area contributed by atoms with Gasteiger partial charge in [-0.2, -0.15) is 0 Å². The van der Waals surface area contributed by atoms with Crippen molar-refractivity contribution in [2.75, 3.05) is 13.7 Å². The predicted molar refractivity (Wildman–Crippen MR) is 79.9 cm³/mol. The van der Waals surface area contributed by atoms with Gasteiger partial charge in [0.2, 0.25) is 0 Å². The molecule has 2 aromatic rings. The second-order valence-electron chi connectivity index (χ2n) is 4.36. The Morgan fingerprint density at radius 2 is 2.00 bits per heavy atom. The number of rotatable bonds is 5. The van der Waals surface area contributed by atoms with Crippen LogP contribution in [0.25, 0.3) is 0 Å². The summed E-state index contributed by atoms with van der Waals surface area (Å²) in [4.78, 5) is 0. The minimum atomic E-state index is -0.321. The molecule has 0 aliphatic carbocycles. The second kappa shape index (κ2) is 6.73. The lowest BCUT2D eigenvalue weighted by Crippen LogP contribution is -2.19. The van der Waals surface area contributed by atoms with E-state index in [-0.39, 0.29) is 11.9 Å². The van der Waals surface area contributed by atoms with Gasteiger partial charge in [-0.15, -0.1) is 0 Å². The maximum Gasteiger partial charge on any atom is 0.129 e. The molecule has 0 heterocycles. The summed E-state index contributed by atoms with van der Waals surface area (Å²) < 4.78 is 19.5. The van der Waals surface area contributed by atoms with Crippen LogP contribution in [-0.2, 0) is 0 Å². The fourth-order valence-corrected chi connectivity index (χ4v) is 2.49. The third-order valence-electron chi connectivity index (χ3n) is 3.08. The van der Waals surface area contributed by atoms with E-state index in [9.17, 15) is 4.39 Å². The number of halogens is 2. The van der Waals surface area contributed by atoms with E-state index in [0.717, 1.165) is 11.3 Å². The topological polar surface area (TPSA) is 21.3 Å². The first-order chi connectivity index (χ1) is 9.67. The molecule has 0 spiro atoms. The monoisotopic (exact) mass is 293 g/mol. The van der Waals surface area contributed by atoms with Crippen molar-refractivity contribution >= 4 is 11.6 Å². The Kier molecular flexibility index (Phi) is 4.99. The van der Waals surface area contributed by atoms with Crippen molar-refractivity contribution in [3.63, 3.8) is 0 Å². The molecular formula is C16H17ClFNO. The van der Waals surface area contributed by atoms with E-state index in [1.165, 1.54) is 6.07 Å². The second-order valence-corrected chi connectivity index (χ2v) is 4.77. The summed E-state index contributed by atoms with van der Waals surface area (Å²) in [7, 11) is 1.78. The van der Waals surface area contributed by atoms with Gasteiger partial charge in [0.15, 0.2) is 0 Å².